The largest absolute Gasteiger partial charge is 0.511 e. The third kappa shape index (κ3) is 5.13. The van der Waals surface area contributed by atoms with Gasteiger partial charge in [0, 0.05) is 26.6 Å². The molecular formula is C17H26O5. The lowest BCUT2D eigenvalue weighted by Gasteiger charge is -2.24. The number of ether oxygens (including phenoxy) is 2. The maximum Gasteiger partial charge on any atom is 0.345 e. The van der Waals surface area contributed by atoms with Crippen molar-refractivity contribution in [3.63, 3.8) is 0 Å². The Morgan fingerprint density at radius 1 is 1.27 bits per heavy atom. The van der Waals surface area contributed by atoms with Crippen LogP contribution in [0, 0.1) is 5.92 Å². The molecule has 0 saturated heterocycles. The van der Waals surface area contributed by atoms with Crippen LogP contribution in [-0.2, 0) is 19.1 Å². The molecule has 2 aliphatic rings. The molecule has 1 aliphatic carbocycles. The number of rotatable bonds is 10. The number of carbonyl (C=O) groups is 2. The number of unbranched alkanes of at least 4 members (excludes halogenated alkanes) is 3. The van der Waals surface area contributed by atoms with Gasteiger partial charge in [0.1, 0.15) is 17.4 Å². The fourth-order valence-electron chi connectivity index (χ4n) is 2.78. The third-order valence-corrected chi connectivity index (χ3v) is 4.26. The second-order valence-corrected chi connectivity index (χ2v) is 6.32. The predicted molar refractivity (Wildman–Crippen MR) is 81.5 cm³/mol. The van der Waals surface area contributed by atoms with Gasteiger partial charge < -0.3 is 14.6 Å². The summed E-state index contributed by atoms with van der Waals surface area (Å²) in [6, 6.07) is 0. The number of esters is 1. The molecule has 1 unspecified atom stereocenters. The summed E-state index contributed by atoms with van der Waals surface area (Å²) >= 11 is 0. The first-order valence-corrected chi connectivity index (χ1v) is 8.27. The number of ketones is 1. The summed E-state index contributed by atoms with van der Waals surface area (Å²) in [5.74, 6) is -0.585. The minimum Gasteiger partial charge on any atom is -0.511 e. The molecule has 0 spiro atoms. The van der Waals surface area contributed by atoms with E-state index in [4.69, 9.17) is 9.47 Å². The van der Waals surface area contributed by atoms with E-state index >= 15 is 0 Å². The molecule has 0 aromatic rings. The van der Waals surface area contributed by atoms with Gasteiger partial charge in [0.2, 0.25) is 0 Å². The first-order valence-electron chi connectivity index (χ1n) is 8.27. The van der Waals surface area contributed by atoms with E-state index in [1.165, 1.54) is 0 Å². The lowest BCUT2D eigenvalue weighted by atomic mass is 9.97. The molecule has 5 nitrogen and oxygen atoms in total. The normalized spacial score (nSPS) is 21.9. The number of hydrogen-bond donors (Lipinski definition) is 1. The van der Waals surface area contributed by atoms with Crippen LogP contribution in [0.4, 0.5) is 0 Å². The zero-order valence-electron chi connectivity index (χ0n) is 13.3. The number of hydrogen-bond acceptors (Lipinski definition) is 5. The van der Waals surface area contributed by atoms with Gasteiger partial charge in [-0.2, -0.15) is 0 Å². The van der Waals surface area contributed by atoms with Gasteiger partial charge >= 0.3 is 5.97 Å². The minimum absolute atomic E-state index is 0.0775. The molecule has 0 bridgehead atoms. The molecule has 1 fully saturated rings. The fraction of sp³-hybridized carbons (Fsp3) is 0.765. The fourth-order valence-corrected chi connectivity index (χ4v) is 2.78. The zero-order valence-corrected chi connectivity index (χ0v) is 13.3. The molecule has 0 aromatic carbocycles. The smallest absolute Gasteiger partial charge is 0.345 e. The van der Waals surface area contributed by atoms with Crippen molar-refractivity contribution < 1.29 is 24.2 Å². The van der Waals surface area contributed by atoms with Crippen LogP contribution in [0.15, 0.2) is 11.3 Å². The first kappa shape index (κ1) is 17.0. The van der Waals surface area contributed by atoms with Crippen LogP contribution >= 0.6 is 0 Å². The van der Waals surface area contributed by atoms with Crippen molar-refractivity contribution in [3.05, 3.63) is 11.3 Å². The highest BCUT2D eigenvalue weighted by Gasteiger charge is 2.35. The van der Waals surface area contributed by atoms with E-state index in [0.717, 1.165) is 51.6 Å². The first-order chi connectivity index (χ1) is 10.6. The van der Waals surface area contributed by atoms with E-state index in [2.05, 4.69) is 0 Å². The van der Waals surface area contributed by atoms with Gasteiger partial charge in [0.05, 0.1) is 0 Å². The van der Waals surface area contributed by atoms with Gasteiger partial charge in [0.15, 0.2) is 5.78 Å². The van der Waals surface area contributed by atoms with Crippen LogP contribution in [0.2, 0.25) is 0 Å². The molecule has 22 heavy (non-hydrogen) atoms. The van der Waals surface area contributed by atoms with Crippen molar-refractivity contribution >= 4 is 11.8 Å². The number of aliphatic hydroxyl groups excluding tert-OH is 1. The Bertz CT molecular complexity index is 436. The molecule has 124 valence electrons. The summed E-state index contributed by atoms with van der Waals surface area (Å²) in [5.41, 5.74) is -0.108. The van der Waals surface area contributed by atoms with E-state index < -0.39 is 5.97 Å². The molecule has 1 N–H and O–H groups in total. The van der Waals surface area contributed by atoms with E-state index in [1.807, 2.05) is 0 Å². The molecular weight excluding hydrogens is 284 g/mol. The summed E-state index contributed by atoms with van der Waals surface area (Å²) in [6.07, 6.45) is 7.26. The molecule has 5 heteroatoms. The lowest BCUT2D eigenvalue weighted by Crippen LogP contribution is -2.30. The Labute approximate surface area is 131 Å². The van der Waals surface area contributed by atoms with E-state index in [-0.39, 0.29) is 29.6 Å². The highest BCUT2D eigenvalue weighted by molar-refractivity contribution is 6.18. The van der Waals surface area contributed by atoms with Crippen LogP contribution in [0.3, 0.4) is 0 Å². The van der Waals surface area contributed by atoms with Crippen molar-refractivity contribution in [2.24, 2.45) is 5.92 Å². The van der Waals surface area contributed by atoms with E-state index in [9.17, 15) is 14.7 Å². The molecule has 1 heterocycles. The number of aliphatic hydroxyl groups is 1. The predicted octanol–water partition coefficient (Wildman–Crippen LogP) is 3.08. The Kier molecular flexibility index (Phi) is 6.43. The van der Waals surface area contributed by atoms with E-state index in [0.29, 0.717) is 12.3 Å². The minimum atomic E-state index is -0.640. The van der Waals surface area contributed by atoms with Gasteiger partial charge in [-0.25, -0.2) is 4.79 Å². The number of Topliss-reactive ketones (excluding diaryl/α,β-unsaturated/α-hetero) is 1. The Balaban J connectivity index is 1.75. The average molecular weight is 310 g/mol. The van der Waals surface area contributed by atoms with Gasteiger partial charge in [0.25, 0.3) is 0 Å². The van der Waals surface area contributed by atoms with Crippen molar-refractivity contribution in [2.45, 2.75) is 63.9 Å². The van der Waals surface area contributed by atoms with Gasteiger partial charge in [-0.1, -0.05) is 12.8 Å². The average Bonchev–Trinajstić information content (AvgIpc) is 3.26. The van der Waals surface area contributed by atoms with Crippen LogP contribution in [0.5, 0.6) is 0 Å². The van der Waals surface area contributed by atoms with Crippen molar-refractivity contribution in [1.82, 2.24) is 0 Å². The maximum atomic E-state index is 12.0. The highest BCUT2D eigenvalue weighted by atomic mass is 16.5. The topological polar surface area (TPSA) is 72.8 Å². The Morgan fingerprint density at radius 2 is 2.00 bits per heavy atom. The monoisotopic (exact) mass is 310 g/mol. The quantitative estimate of drug-likeness (QED) is 0.381. The summed E-state index contributed by atoms with van der Waals surface area (Å²) in [5, 5.41) is 10.0. The molecule has 2 rings (SSSR count). The number of cyclic esters (lactones) is 1. The van der Waals surface area contributed by atoms with Gasteiger partial charge in [-0.05, 0) is 38.0 Å². The summed E-state index contributed by atoms with van der Waals surface area (Å²) in [7, 11) is 1.69. The Hall–Kier alpha value is -1.36. The molecule has 1 atom stereocenters. The third-order valence-electron chi connectivity index (χ3n) is 4.26. The Morgan fingerprint density at radius 3 is 2.64 bits per heavy atom. The molecule has 0 aromatic heterocycles. The van der Waals surface area contributed by atoms with Crippen LogP contribution < -0.4 is 0 Å². The van der Waals surface area contributed by atoms with Crippen molar-refractivity contribution in [2.75, 3.05) is 13.7 Å². The summed E-state index contributed by atoms with van der Waals surface area (Å²) < 4.78 is 10.3. The summed E-state index contributed by atoms with van der Waals surface area (Å²) in [4.78, 5) is 24.0. The van der Waals surface area contributed by atoms with Crippen molar-refractivity contribution in [3.8, 4) is 0 Å². The summed E-state index contributed by atoms with van der Waals surface area (Å²) in [6.45, 7) is 0.772. The molecule has 1 saturated carbocycles. The second-order valence-electron chi connectivity index (χ2n) is 6.32. The maximum absolute atomic E-state index is 12.0. The van der Waals surface area contributed by atoms with Gasteiger partial charge in [-0.3, -0.25) is 4.79 Å². The number of carbonyl (C=O) groups excluding carboxylic acids is 2. The highest BCUT2D eigenvalue weighted by Crippen LogP contribution is 2.35. The molecule has 1 aliphatic heterocycles. The second kappa shape index (κ2) is 8.32. The lowest BCUT2D eigenvalue weighted by molar-refractivity contribution is -0.148. The number of methoxy groups -OCH3 is 1. The van der Waals surface area contributed by atoms with E-state index in [1.54, 1.807) is 7.11 Å². The van der Waals surface area contributed by atoms with Crippen molar-refractivity contribution in [1.29, 1.82) is 0 Å². The standard InChI is InChI=1S/C17H26O5/c1-21-9-5-3-2-4-6-13-11-15(19)16(17(20)22-13)14(18)10-12-7-8-12/h12-13,19H,2-11H2,1H3. The molecule has 0 radical (unpaired) electrons. The van der Waals surface area contributed by atoms with Crippen LogP contribution in [-0.4, -0.2) is 36.7 Å². The SMILES string of the molecule is COCCCCCCC1CC(O)=C(C(=O)CC2CC2)C(=O)O1. The van der Waals surface area contributed by atoms with Crippen LogP contribution in [0.25, 0.3) is 0 Å². The molecule has 0 amide bonds. The zero-order chi connectivity index (χ0) is 15.9. The van der Waals surface area contributed by atoms with Gasteiger partial charge in [-0.15, -0.1) is 0 Å². The van der Waals surface area contributed by atoms with Crippen LogP contribution in [0.1, 0.15) is 57.8 Å².